The number of carboxylic acids is 1. The number of primary amides is 1. The third-order valence-corrected chi connectivity index (χ3v) is 5.02. The molecule has 3 N–H and O–H groups in total. The molecule has 4 nitrogen and oxygen atoms in total. The molecule has 4 heteroatoms. The molecule has 1 amide bonds. The van der Waals surface area contributed by atoms with Crippen LogP contribution in [0.15, 0.2) is 24.3 Å². The number of rotatable bonds is 5. The highest BCUT2D eigenvalue weighted by Gasteiger charge is 2.50. The van der Waals surface area contributed by atoms with Gasteiger partial charge in [-0.05, 0) is 35.8 Å². The summed E-state index contributed by atoms with van der Waals surface area (Å²) in [6.45, 7) is 3.49. The van der Waals surface area contributed by atoms with Gasteiger partial charge in [0.2, 0.25) is 5.91 Å². The van der Waals surface area contributed by atoms with Gasteiger partial charge in [0.15, 0.2) is 5.41 Å². The van der Waals surface area contributed by atoms with Gasteiger partial charge in [-0.3, -0.25) is 9.59 Å². The number of amides is 1. The molecule has 1 atom stereocenters. The number of carboxylic acid groups (broad SMARTS) is 1. The number of carbonyl (C=O) groups excluding carboxylic acids is 1. The van der Waals surface area contributed by atoms with E-state index in [4.69, 9.17) is 5.73 Å². The number of hydrogen-bond acceptors (Lipinski definition) is 2. The van der Waals surface area contributed by atoms with Gasteiger partial charge in [-0.25, -0.2) is 0 Å². The Morgan fingerprint density at radius 1 is 1.18 bits per heavy atom. The number of aliphatic carboxylic acids is 1. The molecule has 0 saturated heterocycles. The topological polar surface area (TPSA) is 80.4 Å². The minimum absolute atomic E-state index is 0.321. The summed E-state index contributed by atoms with van der Waals surface area (Å²) in [5.74, 6) is -2.02. The molecule has 2 rings (SSSR count). The molecule has 0 spiro atoms. The van der Waals surface area contributed by atoms with Crippen molar-refractivity contribution in [3.05, 3.63) is 35.4 Å². The maximum absolute atomic E-state index is 12.2. The van der Waals surface area contributed by atoms with Crippen LogP contribution in [-0.2, 0) is 15.0 Å². The van der Waals surface area contributed by atoms with Gasteiger partial charge in [0, 0.05) is 0 Å². The van der Waals surface area contributed by atoms with Crippen molar-refractivity contribution in [2.45, 2.75) is 57.3 Å². The standard InChI is InChI=1S/C18H25NO3/c1-12(2)18(16(19)20,17(21)22)15-11-7-6-10-14(15)13-8-4-3-5-9-13/h6-7,10-13H,3-5,8-9H2,1-2H3,(H2,19,20)(H,21,22). The van der Waals surface area contributed by atoms with Crippen LogP contribution in [0.3, 0.4) is 0 Å². The van der Waals surface area contributed by atoms with Gasteiger partial charge >= 0.3 is 5.97 Å². The van der Waals surface area contributed by atoms with Crippen molar-refractivity contribution in [2.24, 2.45) is 11.7 Å². The van der Waals surface area contributed by atoms with Crippen LogP contribution in [0.4, 0.5) is 0 Å². The number of benzene rings is 1. The highest BCUT2D eigenvalue weighted by Crippen LogP contribution is 2.41. The molecule has 0 radical (unpaired) electrons. The summed E-state index contributed by atoms with van der Waals surface area (Å²) in [4.78, 5) is 24.2. The highest BCUT2D eigenvalue weighted by atomic mass is 16.4. The van der Waals surface area contributed by atoms with Crippen LogP contribution in [0.5, 0.6) is 0 Å². The van der Waals surface area contributed by atoms with Crippen molar-refractivity contribution in [3.63, 3.8) is 0 Å². The van der Waals surface area contributed by atoms with Crippen molar-refractivity contribution >= 4 is 11.9 Å². The Morgan fingerprint density at radius 3 is 2.27 bits per heavy atom. The first kappa shape index (κ1) is 16.5. The molecule has 0 aliphatic heterocycles. The molecule has 1 aliphatic carbocycles. The summed E-state index contributed by atoms with van der Waals surface area (Å²) in [6, 6.07) is 7.45. The van der Waals surface area contributed by atoms with Gasteiger partial charge in [-0.1, -0.05) is 57.4 Å². The maximum Gasteiger partial charge on any atom is 0.324 e. The summed E-state index contributed by atoms with van der Waals surface area (Å²) in [5.41, 5.74) is 5.49. The lowest BCUT2D eigenvalue weighted by Gasteiger charge is -2.35. The van der Waals surface area contributed by atoms with Crippen molar-refractivity contribution in [3.8, 4) is 0 Å². The van der Waals surface area contributed by atoms with Gasteiger partial charge in [-0.2, -0.15) is 0 Å². The molecule has 1 aromatic carbocycles. The highest BCUT2D eigenvalue weighted by molar-refractivity contribution is 6.08. The average Bonchev–Trinajstić information content (AvgIpc) is 2.48. The normalized spacial score (nSPS) is 18.9. The molecule has 0 bridgehead atoms. The predicted octanol–water partition coefficient (Wildman–Crippen LogP) is 3.20. The van der Waals surface area contributed by atoms with E-state index in [1.807, 2.05) is 12.1 Å². The first-order valence-corrected chi connectivity index (χ1v) is 8.05. The first-order valence-electron chi connectivity index (χ1n) is 8.05. The third kappa shape index (κ3) is 2.62. The number of nitrogens with two attached hydrogens (primary N) is 1. The Kier molecular flexibility index (Phi) is 4.89. The third-order valence-electron chi connectivity index (χ3n) is 5.02. The zero-order chi connectivity index (χ0) is 16.3. The van der Waals surface area contributed by atoms with E-state index in [-0.39, 0.29) is 0 Å². The number of hydrogen-bond donors (Lipinski definition) is 2. The maximum atomic E-state index is 12.2. The van der Waals surface area contributed by atoms with E-state index >= 15 is 0 Å². The lowest BCUT2D eigenvalue weighted by molar-refractivity contribution is -0.151. The van der Waals surface area contributed by atoms with Gasteiger partial charge in [0.25, 0.3) is 0 Å². The molecule has 0 aromatic heterocycles. The summed E-state index contributed by atoms with van der Waals surface area (Å²) < 4.78 is 0. The molecule has 1 aliphatic rings. The molecular weight excluding hydrogens is 278 g/mol. The lowest BCUT2D eigenvalue weighted by Crippen LogP contribution is -2.52. The first-order chi connectivity index (χ1) is 10.4. The van der Waals surface area contributed by atoms with E-state index < -0.39 is 23.2 Å². The Labute approximate surface area is 131 Å². The van der Waals surface area contributed by atoms with Crippen LogP contribution in [0.2, 0.25) is 0 Å². The van der Waals surface area contributed by atoms with Crippen molar-refractivity contribution in [1.29, 1.82) is 0 Å². The Bertz CT molecular complexity index is 545. The second kappa shape index (κ2) is 6.51. The Balaban J connectivity index is 2.62. The smallest absolute Gasteiger partial charge is 0.324 e. The summed E-state index contributed by atoms with van der Waals surface area (Å²) in [7, 11) is 0. The van der Waals surface area contributed by atoms with E-state index in [1.165, 1.54) is 6.42 Å². The van der Waals surface area contributed by atoms with Crippen LogP contribution < -0.4 is 5.73 Å². The minimum atomic E-state index is -1.66. The van der Waals surface area contributed by atoms with Crippen LogP contribution in [0.25, 0.3) is 0 Å². The Morgan fingerprint density at radius 2 is 1.77 bits per heavy atom. The fourth-order valence-electron chi connectivity index (χ4n) is 3.82. The zero-order valence-electron chi connectivity index (χ0n) is 13.3. The van der Waals surface area contributed by atoms with Gasteiger partial charge < -0.3 is 10.8 Å². The van der Waals surface area contributed by atoms with Crippen LogP contribution in [0, 0.1) is 5.92 Å². The van der Waals surface area contributed by atoms with E-state index in [1.54, 1.807) is 26.0 Å². The van der Waals surface area contributed by atoms with Crippen LogP contribution in [-0.4, -0.2) is 17.0 Å². The van der Waals surface area contributed by atoms with Gasteiger partial charge in [0.1, 0.15) is 0 Å². The van der Waals surface area contributed by atoms with Gasteiger partial charge in [0.05, 0.1) is 0 Å². The van der Waals surface area contributed by atoms with E-state index in [9.17, 15) is 14.7 Å². The SMILES string of the molecule is CC(C)C(C(N)=O)(C(=O)O)c1ccccc1C1CCCCC1. The molecule has 1 saturated carbocycles. The largest absolute Gasteiger partial charge is 0.480 e. The monoisotopic (exact) mass is 303 g/mol. The van der Waals surface area contributed by atoms with E-state index in [0.29, 0.717) is 11.5 Å². The summed E-state index contributed by atoms with van der Waals surface area (Å²) in [6.07, 6.45) is 5.62. The van der Waals surface area contributed by atoms with Crippen LogP contribution >= 0.6 is 0 Å². The fraction of sp³-hybridized carbons (Fsp3) is 0.556. The average molecular weight is 303 g/mol. The number of carbonyl (C=O) groups is 2. The summed E-state index contributed by atoms with van der Waals surface area (Å²) >= 11 is 0. The molecule has 120 valence electrons. The molecule has 0 heterocycles. The van der Waals surface area contributed by atoms with Crippen molar-refractivity contribution in [2.75, 3.05) is 0 Å². The molecule has 1 aromatic rings. The zero-order valence-corrected chi connectivity index (χ0v) is 13.3. The summed E-state index contributed by atoms with van der Waals surface area (Å²) in [5, 5.41) is 9.84. The molecule has 1 unspecified atom stereocenters. The van der Waals surface area contributed by atoms with E-state index in [0.717, 1.165) is 31.2 Å². The molecular formula is C18H25NO3. The van der Waals surface area contributed by atoms with Gasteiger partial charge in [-0.15, -0.1) is 0 Å². The lowest BCUT2D eigenvalue weighted by atomic mass is 9.67. The molecule has 1 fully saturated rings. The predicted molar refractivity (Wildman–Crippen MR) is 85.6 cm³/mol. The van der Waals surface area contributed by atoms with Crippen LogP contribution in [0.1, 0.15) is 63.0 Å². The fourth-order valence-corrected chi connectivity index (χ4v) is 3.82. The minimum Gasteiger partial charge on any atom is -0.480 e. The molecule has 22 heavy (non-hydrogen) atoms. The quantitative estimate of drug-likeness (QED) is 0.820. The second-order valence-corrected chi connectivity index (χ2v) is 6.55. The van der Waals surface area contributed by atoms with E-state index in [2.05, 4.69) is 0 Å². The Hall–Kier alpha value is -1.84. The van der Waals surface area contributed by atoms with Crippen molar-refractivity contribution < 1.29 is 14.7 Å². The van der Waals surface area contributed by atoms with Crippen molar-refractivity contribution in [1.82, 2.24) is 0 Å². The second-order valence-electron chi connectivity index (χ2n) is 6.55.